The summed E-state index contributed by atoms with van der Waals surface area (Å²) in [5, 5.41) is 15.2. The summed E-state index contributed by atoms with van der Waals surface area (Å²) >= 11 is 0. The van der Waals surface area contributed by atoms with Gasteiger partial charge >= 0.3 is 0 Å². The molecule has 1 aromatic heterocycles. The van der Waals surface area contributed by atoms with Gasteiger partial charge in [-0.25, -0.2) is 0 Å². The largest absolute Gasteiger partial charge is 0.539 e. The van der Waals surface area contributed by atoms with E-state index in [1.54, 1.807) is 4.68 Å². The Morgan fingerprint density at radius 2 is 2.21 bits per heavy atom. The van der Waals surface area contributed by atoms with Gasteiger partial charge in [-0.3, -0.25) is 0 Å². The third kappa shape index (κ3) is 1.38. The van der Waals surface area contributed by atoms with E-state index in [-0.39, 0.29) is 17.3 Å². The van der Waals surface area contributed by atoms with Crippen LogP contribution in [0.3, 0.4) is 0 Å². The molecular weight excluding hydrogens is 180 g/mol. The van der Waals surface area contributed by atoms with Crippen molar-refractivity contribution >= 4 is 0 Å². The van der Waals surface area contributed by atoms with Crippen molar-refractivity contribution in [1.82, 2.24) is 5.27 Å². The highest BCUT2D eigenvalue weighted by Crippen LogP contribution is 2.41. The predicted octanol–water partition coefficient (Wildman–Crippen LogP) is 0.959. The average molecular weight is 196 g/mol. The Bertz CT molecular complexity index is 338. The van der Waals surface area contributed by atoms with Crippen LogP contribution < -0.4 is 9.79 Å². The number of nitrogens with zero attached hydrogens (tertiary/aromatic N) is 2. The standard InChI is InChI=1S/C10H16N2O2/c1-10(2,3)7-5-4-6-12-8(7)9(13)14-11-12/h7H,4-6H2,1-3H3. The summed E-state index contributed by atoms with van der Waals surface area (Å²) in [5.41, 5.74) is 0.858. The molecule has 0 fully saturated rings. The fraction of sp³-hybridized carbons (Fsp3) is 0.800. The SMILES string of the molecule is CC(C)(C)C1CCC[n+]2noc([O-])c21. The minimum Gasteiger partial charge on any atom is -0.539 e. The highest BCUT2D eigenvalue weighted by Gasteiger charge is 2.38. The van der Waals surface area contributed by atoms with Gasteiger partial charge in [0.05, 0.1) is 11.2 Å². The smallest absolute Gasteiger partial charge is 0.236 e. The Morgan fingerprint density at radius 3 is 2.86 bits per heavy atom. The second-order valence-electron chi connectivity index (χ2n) is 5.03. The molecule has 1 aliphatic heterocycles. The van der Waals surface area contributed by atoms with E-state index >= 15 is 0 Å². The topological polar surface area (TPSA) is 53.0 Å². The van der Waals surface area contributed by atoms with Crippen LogP contribution in [-0.2, 0) is 6.54 Å². The van der Waals surface area contributed by atoms with Crippen molar-refractivity contribution in [3.05, 3.63) is 5.69 Å². The summed E-state index contributed by atoms with van der Waals surface area (Å²) in [4.78, 5) is 0. The molecule has 0 spiro atoms. The van der Waals surface area contributed by atoms with Crippen LogP contribution >= 0.6 is 0 Å². The zero-order valence-corrected chi connectivity index (χ0v) is 8.91. The Labute approximate surface area is 83.5 Å². The van der Waals surface area contributed by atoms with Gasteiger partial charge in [0.15, 0.2) is 12.5 Å². The molecule has 0 aromatic carbocycles. The second kappa shape index (κ2) is 2.97. The van der Waals surface area contributed by atoms with Crippen LogP contribution in [0, 0.1) is 5.41 Å². The first-order chi connectivity index (χ1) is 6.50. The normalized spacial score (nSPS) is 22.1. The van der Waals surface area contributed by atoms with Gasteiger partial charge in [-0.2, -0.15) is 0 Å². The third-order valence-corrected chi connectivity index (χ3v) is 2.95. The molecule has 0 N–H and O–H groups in total. The lowest BCUT2D eigenvalue weighted by Crippen LogP contribution is -2.46. The maximum atomic E-state index is 11.5. The molecule has 0 saturated heterocycles. The second-order valence-corrected chi connectivity index (χ2v) is 5.03. The maximum Gasteiger partial charge on any atom is 0.236 e. The average Bonchev–Trinajstić information content (AvgIpc) is 2.46. The maximum absolute atomic E-state index is 11.5. The monoisotopic (exact) mass is 196 g/mol. The Morgan fingerprint density at radius 1 is 1.50 bits per heavy atom. The molecule has 1 aromatic rings. The molecule has 2 rings (SSSR count). The zero-order chi connectivity index (χ0) is 10.3. The number of aromatic nitrogens is 2. The molecule has 0 bridgehead atoms. The van der Waals surface area contributed by atoms with Crippen molar-refractivity contribution in [3.8, 4) is 5.95 Å². The highest BCUT2D eigenvalue weighted by molar-refractivity contribution is 5.13. The van der Waals surface area contributed by atoms with Crippen LogP contribution in [0.15, 0.2) is 4.52 Å². The van der Waals surface area contributed by atoms with Gasteiger partial charge < -0.3 is 9.63 Å². The number of fused-ring (bicyclic) bond motifs is 1. The molecule has 4 nitrogen and oxygen atoms in total. The lowest BCUT2D eigenvalue weighted by molar-refractivity contribution is -0.774. The molecule has 1 unspecified atom stereocenters. The van der Waals surface area contributed by atoms with Crippen LogP contribution in [0.25, 0.3) is 0 Å². The van der Waals surface area contributed by atoms with Crippen molar-refractivity contribution < 1.29 is 14.3 Å². The van der Waals surface area contributed by atoms with E-state index in [0.29, 0.717) is 0 Å². The first-order valence-corrected chi connectivity index (χ1v) is 5.07. The molecule has 4 heteroatoms. The highest BCUT2D eigenvalue weighted by atomic mass is 16.6. The van der Waals surface area contributed by atoms with Gasteiger partial charge in [-0.15, -0.1) is 0 Å². The summed E-state index contributed by atoms with van der Waals surface area (Å²) < 4.78 is 6.42. The molecule has 0 aliphatic carbocycles. The van der Waals surface area contributed by atoms with Gasteiger partial charge in [0, 0.05) is 6.42 Å². The number of hydrogen-bond donors (Lipinski definition) is 0. The van der Waals surface area contributed by atoms with Gasteiger partial charge in [0.25, 0.3) is 0 Å². The molecule has 78 valence electrons. The van der Waals surface area contributed by atoms with Crippen molar-refractivity contribution in [3.63, 3.8) is 0 Å². The lowest BCUT2D eigenvalue weighted by Gasteiger charge is -2.29. The Hall–Kier alpha value is -1.06. The van der Waals surface area contributed by atoms with Crippen LogP contribution in [0.4, 0.5) is 0 Å². The number of hydrogen-bond acceptors (Lipinski definition) is 3. The first kappa shape index (κ1) is 9.49. The minimum absolute atomic E-state index is 0.104. The molecule has 1 aliphatic rings. The third-order valence-electron chi connectivity index (χ3n) is 2.95. The lowest BCUT2D eigenvalue weighted by atomic mass is 9.75. The van der Waals surface area contributed by atoms with Gasteiger partial charge in [-0.1, -0.05) is 25.5 Å². The van der Waals surface area contributed by atoms with Crippen molar-refractivity contribution in [2.45, 2.75) is 46.1 Å². The molecule has 1 atom stereocenters. The van der Waals surface area contributed by atoms with Crippen LogP contribution in [0.1, 0.15) is 45.2 Å². The van der Waals surface area contributed by atoms with E-state index in [4.69, 9.17) is 4.52 Å². The first-order valence-electron chi connectivity index (χ1n) is 5.07. The Kier molecular flexibility index (Phi) is 2.01. The van der Waals surface area contributed by atoms with E-state index in [2.05, 4.69) is 26.0 Å². The number of aryl methyl sites for hydroxylation is 1. The molecular formula is C10H16N2O2. The fourth-order valence-electron chi connectivity index (χ4n) is 2.19. The van der Waals surface area contributed by atoms with Crippen molar-refractivity contribution in [1.29, 1.82) is 0 Å². The van der Waals surface area contributed by atoms with E-state index < -0.39 is 0 Å². The molecule has 14 heavy (non-hydrogen) atoms. The molecule has 0 amide bonds. The summed E-state index contributed by atoms with van der Waals surface area (Å²) in [6.07, 6.45) is 2.13. The number of rotatable bonds is 0. The molecule has 2 heterocycles. The summed E-state index contributed by atoms with van der Waals surface area (Å²) in [6, 6.07) is 0. The quantitative estimate of drug-likeness (QED) is 0.581. The van der Waals surface area contributed by atoms with E-state index in [0.717, 1.165) is 25.1 Å². The van der Waals surface area contributed by atoms with E-state index in [1.165, 1.54) is 0 Å². The van der Waals surface area contributed by atoms with Crippen LogP contribution in [0.2, 0.25) is 0 Å². The van der Waals surface area contributed by atoms with E-state index in [9.17, 15) is 5.11 Å². The summed E-state index contributed by atoms with van der Waals surface area (Å²) in [7, 11) is 0. The summed E-state index contributed by atoms with van der Waals surface area (Å²) in [6.45, 7) is 7.27. The minimum atomic E-state index is -0.260. The Balaban J connectivity index is 2.44. The van der Waals surface area contributed by atoms with Crippen LogP contribution in [-0.4, -0.2) is 5.27 Å². The van der Waals surface area contributed by atoms with Gasteiger partial charge in [0.2, 0.25) is 5.69 Å². The van der Waals surface area contributed by atoms with Crippen molar-refractivity contribution in [2.75, 3.05) is 0 Å². The molecule has 0 saturated carbocycles. The van der Waals surface area contributed by atoms with E-state index in [1.807, 2.05) is 0 Å². The zero-order valence-electron chi connectivity index (χ0n) is 8.91. The predicted molar refractivity (Wildman–Crippen MR) is 47.6 cm³/mol. The molecule has 0 radical (unpaired) electrons. The summed E-state index contributed by atoms with van der Waals surface area (Å²) in [5.74, 6) is 0.0135. The van der Waals surface area contributed by atoms with Crippen LogP contribution in [0.5, 0.6) is 5.95 Å². The fourth-order valence-corrected chi connectivity index (χ4v) is 2.19. The van der Waals surface area contributed by atoms with Crippen molar-refractivity contribution in [2.24, 2.45) is 5.41 Å². The van der Waals surface area contributed by atoms with Gasteiger partial charge in [-0.05, 0) is 11.8 Å². The van der Waals surface area contributed by atoms with Gasteiger partial charge in [0.1, 0.15) is 0 Å².